The minimum Gasteiger partial charge on any atom is -0.390 e. The van der Waals surface area contributed by atoms with Gasteiger partial charge < -0.3 is 20.4 Å². The number of hydrogen-bond acceptors (Lipinski definition) is 4. The van der Waals surface area contributed by atoms with Gasteiger partial charge in [0.15, 0.2) is 0 Å². The van der Waals surface area contributed by atoms with Crippen LogP contribution in [0.3, 0.4) is 0 Å². The highest BCUT2D eigenvalue weighted by molar-refractivity contribution is 5.13. The molecule has 4 N–H and O–H groups in total. The van der Waals surface area contributed by atoms with Gasteiger partial charge in [0.25, 0.3) is 0 Å². The van der Waals surface area contributed by atoms with Gasteiger partial charge in [-0.15, -0.1) is 6.58 Å². The van der Waals surface area contributed by atoms with Crippen molar-refractivity contribution in [1.29, 1.82) is 0 Å². The van der Waals surface area contributed by atoms with Crippen molar-refractivity contribution in [1.82, 2.24) is 0 Å². The van der Waals surface area contributed by atoms with E-state index in [0.29, 0.717) is 11.8 Å². The summed E-state index contributed by atoms with van der Waals surface area (Å²) in [4.78, 5) is 0. The van der Waals surface area contributed by atoms with Gasteiger partial charge in [0.05, 0.1) is 22.4 Å². The molecule has 0 aliphatic heterocycles. The molecule has 3 rings (SSSR count). The Hall–Kier alpha value is -1.46. The van der Waals surface area contributed by atoms with Crippen molar-refractivity contribution in [2.45, 2.75) is 182 Å². The van der Waals surface area contributed by atoms with Crippen LogP contribution in [0.15, 0.2) is 59.3 Å². The SMILES string of the molecule is C=C(C)C1CCC(C)(O)CC1.C=CC(C)(O)CCC=C(C)C.CC(C)=C1CCC(C)(O)CC1.CC1=CCC(C(C)(C)O)CC1. The normalized spacial score (nSPS) is 28.2. The molecule has 0 bridgehead atoms. The largest absolute Gasteiger partial charge is 0.390 e. The summed E-state index contributed by atoms with van der Waals surface area (Å²) in [5.74, 6) is 1.13. The first-order chi connectivity index (χ1) is 20.0. The maximum Gasteiger partial charge on any atom is 0.0800 e. The van der Waals surface area contributed by atoms with Crippen LogP contribution >= 0.6 is 0 Å². The molecule has 4 heteroatoms. The van der Waals surface area contributed by atoms with E-state index in [1.807, 2.05) is 27.7 Å². The van der Waals surface area contributed by atoms with Crippen LogP contribution in [0, 0.1) is 11.8 Å². The van der Waals surface area contributed by atoms with Gasteiger partial charge in [0.1, 0.15) is 0 Å². The molecule has 4 nitrogen and oxygen atoms in total. The quantitative estimate of drug-likeness (QED) is 0.224. The third-order valence-electron chi connectivity index (χ3n) is 9.68. The first-order valence-electron chi connectivity index (χ1n) is 17.1. The molecule has 2 unspecified atom stereocenters. The van der Waals surface area contributed by atoms with E-state index >= 15 is 0 Å². The lowest BCUT2D eigenvalue weighted by molar-refractivity contribution is 0.0122. The van der Waals surface area contributed by atoms with Crippen LogP contribution in [0.25, 0.3) is 0 Å². The smallest absolute Gasteiger partial charge is 0.0800 e. The van der Waals surface area contributed by atoms with Crippen LogP contribution in [-0.2, 0) is 0 Å². The second-order valence-electron chi connectivity index (χ2n) is 15.8. The Morgan fingerprint density at radius 2 is 1.39 bits per heavy atom. The Labute approximate surface area is 273 Å². The van der Waals surface area contributed by atoms with E-state index in [0.717, 1.165) is 83.5 Å². The molecule has 2 saturated carbocycles. The van der Waals surface area contributed by atoms with Crippen molar-refractivity contribution in [3.8, 4) is 0 Å². The molecular weight excluding hydrogens is 544 g/mol. The molecule has 3 aliphatic carbocycles. The zero-order valence-corrected chi connectivity index (χ0v) is 30.8. The van der Waals surface area contributed by atoms with Gasteiger partial charge in [0.2, 0.25) is 0 Å². The number of hydrogen-bond donors (Lipinski definition) is 4. The predicted octanol–water partition coefficient (Wildman–Crippen LogP) is 10.3. The first kappa shape index (κ1) is 42.5. The highest BCUT2D eigenvalue weighted by atomic mass is 16.3. The zero-order valence-electron chi connectivity index (χ0n) is 30.8. The zero-order chi connectivity index (χ0) is 34.4. The molecule has 44 heavy (non-hydrogen) atoms. The summed E-state index contributed by atoms with van der Waals surface area (Å²) in [6, 6.07) is 0. The van der Waals surface area contributed by atoms with Gasteiger partial charge in [-0.3, -0.25) is 0 Å². The fourth-order valence-electron chi connectivity index (χ4n) is 5.68. The number of aliphatic hydroxyl groups is 4. The molecular formula is C40H72O4. The van der Waals surface area contributed by atoms with Crippen LogP contribution in [0.4, 0.5) is 0 Å². The van der Waals surface area contributed by atoms with Crippen LogP contribution < -0.4 is 0 Å². The molecule has 0 heterocycles. The highest BCUT2D eigenvalue weighted by Gasteiger charge is 2.29. The molecule has 3 aliphatic rings. The van der Waals surface area contributed by atoms with E-state index < -0.39 is 16.8 Å². The average Bonchev–Trinajstić information content (AvgIpc) is 2.89. The van der Waals surface area contributed by atoms with Gasteiger partial charge in [-0.05, 0) is 171 Å². The molecule has 0 aromatic heterocycles. The fraction of sp³-hybridized carbons (Fsp3) is 0.750. The first-order valence-corrected chi connectivity index (χ1v) is 17.1. The lowest BCUT2D eigenvalue weighted by Crippen LogP contribution is -2.31. The van der Waals surface area contributed by atoms with Crippen LogP contribution in [-0.4, -0.2) is 42.8 Å². The Bertz CT molecular complexity index is 938. The molecule has 0 spiro atoms. The van der Waals surface area contributed by atoms with E-state index in [4.69, 9.17) is 0 Å². The summed E-state index contributed by atoms with van der Waals surface area (Å²) in [7, 11) is 0. The summed E-state index contributed by atoms with van der Waals surface area (Å²) >= 11 is 0. The fourth-order valence-corrected chi connectivity index (χ4v) is 5.68. The minimum atomic E-state index is -0.702. The molecule has 0 amide bonds. The van der Waals surface area contributed by atoms with Crippen LogP contribution in [0.5, 0.6) is 0 Å². The Morgan fingerprint density at radius 1 is 0.886 bits per heavy atom. The van der Waals surface area contributed by atoms with Crippen molar-refractivity contribution in [3.63, 3.8) is 0 Å². The molecule has 256 valence electrons. The maximum atomic E-state index is 9.70. The Kier molecular flexibility index (Phi) is 18.6. The summed E-state index contributed by atoms with van der Waals surface area (Å²) in [5.41, 5.74) is 5.07. The minimum absolute atomic E-state index is 0.390. The molecule has 0 radical (unpaired) electrons. The Morgan fingerprint density at radius 3 is 1.75 bits per heavy atom. The van der Waals surface area contributed by atoms with E-state index in [1.54, 1.807) is 18.6 Å². The van der Waals surface area contributed by atoms with Gasteiger partial charge in [0, 0.05) is 0 Å². The molecule has 0 saturated heterocycles. The molecule has 2 atom stereocenters. The summed E-state index contributed by atoms with van der Waals surface area (Å²) in [6.07, 6.45) is 19.2. The lowest BCUT2D eigenvalue weighted by Gasteiger charge is -2.33. The molecule has 0 aromatic carbocycles. The topological polar surface area (TPSA) is 80.9 Å². The third kappa shape index (κ3) is 19.8. The molecule has 0 aromatic rings. The highest BCUT2D eigenvalue weighted by Crippen LogP contribution is 2.35. The maximum absolute atomic E-state index is 9.70. The standard InChI is InChI=1S/4C10H18O/c1-8-4-6-9(7-5-8)10(2,3)11;2*1-8(2)9-4-6-10(3,11)7-5-9;1-5-10(4,11)8-6-7-9(2)3/h4,9,11H,5-7H2,1-3H3;11H,4-7H2,1-3H3;9,11H,1,4-7H2,2-3H3;5,7,11H,1,6,8H2,2-4H3. The number of rotatable bonds is 6. The van der Waals surface area contributed by atoms with Gasteiger partial charge in [-0.2, -0.15) is 0 Å². The molecule has 2 fully saturated rings. The lowest BCUT2D eigenvalue weighted by atomic mass is 9.77. The summed E-state index contributed by atoms with van der Waals surface area (Å²) in [5, 5.41) is 38.5. The summed E-state index contributed by atoms with van der Waals surface area (Å²) in [6.45, 7) is 29.7. The predicted molar refractivity (Wildman–Crippen MR) is 192 cm³/mol. The van der Waals surface area contributed by atoms with Crippen molar-refractivity contribution in [3.05, 3.63) is 59.3 Å². The van der Waals surface area contributed by atoms with E-state index in [-0.39, 0.29) is 5.60 Å². The van der Waals surface area contributed by atoms with Crippen molar-refractivity contribution < 1.29 is 20.4 Å². The second kappa shape index (κ2) is 19.3. The summed E-state index contributed by atoms with van der Waals surface area (Å²) < 4.78 is 0. The monoisotopic (exact) mass is 617 g/mol. The van der Waals surface area contributed by atoms with Crippen LogP contribution in [0.1, 0.15) is 160 Å². The van der Waals surface area contributed by atoms with Crippen LogP contribution in [0.2, 0.25) is 0 Å². The van der Waals surface area contributed by atoms with E-state index in [9.17, 15) is 20.4 Å². The van der Waals surface area contributed by atoms with Gasteiger partial charge in [-0.1, -0.05) is 52.7 Å². The van der Waals surface area contributed by atoms with Gasteiger partial charge in [-0.25, -0.2) is 0 Å². The van der Waals surface area contributed by atoms with Crippen molar-refractivity contribution in [2.24, 2.45) is 11.8 Å². The van der Waals surface area contributed by atoms with E-state index in [1.165, 1.54) is 22.3 Å². The van der Waals surface area contributed by atoms with Crippen molar-refractivity contribution in [2.75, 3.05) is 0 Å². The van der Waals surface area contributed by atoms with E-state index in [2.05, 4.69) is 66.9 Å². The third-order valence-corrected chi connectivity index (χ3v) is 9.68. The van der Waals surface area contributed by atoms with Gasteiger partial charge >= 0.3 is 0 Å². The average molecular weight is 617 g/mol. The number of allylic oxidation sites excluding steroid dienone is 7. The Balaban J connectivity index is 0.000000560. The van der Waals surface area contributed by atoms with Crippen molar-refractivity contribution >= 4 is 0 Å². The second-order valence-corrected chi connectivity index (χ2v) is 15.8.